The summed E-state index contributed by atoms with van der Waals surface area (Å²) in [6.45, 7) is 3.40. The molecule has 0 fully saturated rings. The Morgan fingerprint density at radius 1 is 1.85 bits per heavy atom. The highest BCUT2D eigenvalue weighted by atomic mass is 32.2. The highest BCUT2D eigenvalue weighted by molar-refractivity contribution is 7.85. The molecule has 6 nitrogen and oxygen atoms in total. The molecule has 0 amide bonds. The molecule has 1 aromatic heterocycles. The summed E-state index contributed by atoms with van der Waals surface area (Å²) in [5.41, 5.74) is 0. The van der Waals surface area contributed by atoms with Crippen LogP contribution in [0.1, 0.15) is 0 Å². The zero-order valence-electron chi connectivity index (χ0n) is 6.60. The van der Waals surface area contributed by atoms with Gasteiger partial charge in [0.2, 0.25) is 0 Å². The molecule has 0 saturated carbocycles. The summed E-state index contributed by atoms with van der Waals surface area (Å²) >= 11 is 0. The van der Waals surface area contributed by atoms with Crippen molar-refractivity contribution in [2.75, 3.05) is 5.75 Å². The summed E-state index contributed by atoms with van der Waals surface area (Å²) in [7, 11) is -1.37. The van der Waals surface area contributed by atoms with Crippen LogP contribution in [0, 0.1) is 10.1 Å². The molecule has 70 valence electrons. The second-order valence-electron chi connectivity index (χ2n) is 2.13. The Morgan fingerprint density at radius 2 is 2.54 bits per heavy atom. The van der Waals surface area contributed by atoms with E-state index in [1.54, 1.807) is 0 Å². The van der Waals surface area contributed by atoms with Gasteiger partial charge < -0.3 is 10.1 Å². The molecule has 13 heavy (non-hydrogen) atoms. The van der Waals surface area contributed by atoms with E-state index in [0.717, 1.165) is 6.20 Å². The van der Waals surface area contributed by atoms with Crippen molar-refractivity contribution in [3.05, 3.63) is 29.0 Å². The predicted octanol–water partition coefficient (Wildman–Crippen LogP) is 0.611. The van der Waals surface area contributed by atoms with Crippen molar-refractivity contribution < 1.29 is 9.13 Å². The lowest BCUT2D eigenvalue weighted by molar-refractivity contribution is -0.389. The molecule has 0 aromatic carbocycles. The first kappa shape index (κ1) is 9.59. The number of nitrogens with one attached hydrogen (secondary N) is 1. The van der Waals surface area contributed by atoms with Gasteiger partial charge in [-0.15, -0.1) is 6.58 Å². The molecule has 1 unspecified atom stereocenters. The molecule has 1 atom stereocenters. The van der Waals surface area contributed by atoms with Crippen LogP contribution in [0.25, 0.3) is 0 Å². The average Bonchev–Trinajstić information content (AvgIpc) is 2.52. The maximum Gasteiger partial charge on any atom is 0.341 e. The van der Waals surface area contributed by atoms with E-state index in [1.807, 2.05) is 0 Å². The van der Waals surface area contributed by atoms with Gasteiger partial charge in [-0.3, -0.25) is 0 Å². The summed E-state index contributed by atoms with van der Waals surface area (Å²) < 4.78 is 11.2. The molecule has 7 heteroatoms. The van der Waals surface area contributed by atoms with E-state index in [1.165, 1.54) is 6.08 Å². The number of nitrogens with zero attached hydrogens (tertiary/aromatic N) is 2. The smallest absolute Gasteiger partial charge is 0.341 e. The van der Waals surface area contributed by atoms with Crippen LogP contribution in [-0.4, -0.2) is 24.9 Å². The third-order valence-corrected chi connectivity index (χ3v) is 2.40. The number of aromatic amines is 1. The van der Waals surface area contributed by atoms with Gasteiger partial charge in [0, 0.05) is 0 Å². The largest absolute Gasteiger partial charge is 0.358 e. The number of H-pyrrole nitrogens is 1. The second kappa shape index (κ2) is 3.94. The Hall–Kier alpha value is -1.50. The van der Waals surface area contributed by atoms with Crippen LogP contribution in [0.5, 0.6) is 0 Å². The number of rotatable bonds is 4. The average molecular weight is 201 g/mol. The third kappa shape index (κ3) is 2.22. The first-order valence-corrected chi connectivity index (χ1v) is 4.65. The minimum absolute atomic E-state index is 0.103. The first-order valence-electron chi connectivity index (χ1n) is 3.34. The highest BCUT2D eigenvalue weighted by Gasteiger charge is 2.14. The van der Waals surface area contributed by atoms with Crippen molar-refractivity contribution in [1.29, 1.82) is 0 Å². The summed E-state index contributed by atoms with van der Waals surface area (Å²) in [5, 5.41) is 10.3. The Kier molecular flexibility index (Phi) is 2.91. The van der Waals surface area contributed by atoms with Gasteiger partial charge in [0.25, 0.3) is 5.16 Å². The van der Waals surface area contributed by atoms with E-state index in [4.69, 9.17) is 0 Å². The van der Waals surface area contributed by atoms with Crippen molar-refractivity contribution >= 4 is 16.6 Å². The lowest BCUT2D eigenvalue weighted by atomic mass is 10.8. The number of imidazole rings is 1. The molecule has 0 spiro atoms. The van der Waals surface area contributed by atoms with Crippen LogP contribution in [0.15, 0.2) is 24.0 Å². The lowest BCUT2D eigenvalue weighted by Crippen LogP contribution is -1.97. The molecule has 1 heterocycles. The maximum atomic E-state index is 11.2. The van der Waals surface area contributed by atoms with Crippen LogP contribution in [0.3, 0.4) is 0 Å². The van der Waals surface area contributed by atoms with Gasteiger partial charge >= 0.3 is 5.82 Å². The molecule has 0 aliphatic heterocycles. The fourth-order valence-electron chi connectivity index (χ4n) is 0.688. The van der Waals surface area contributed by atoms with Crippen molar-refractivity contribution in [1.82, 2.24) is 9.97 Å². The zero-order chi connectivity index (χ0) is 9.84. The topological polar surface area (TPSA) is 88.9 Å². The zero-order valence-corrected chi connectivity index (χ0v) is 7.41. The number of aromatic nitrogens is 2. The van der Waals surface area contributed by atoms with Crippen molar-refractivity contribution in [2.24, 2.45) is 0 Å². The van der Waals surface area contributed by atoms with E-state index in [0.29, 0.717) is 0 Å². The third-order valence-electron chi connectivity index (χ3n) is 1.22. The van der Waals surface area contributed by atoms with Gasteiger partial charge in [0.1, 0.15) is 17.0 Å². The Labute approximate surface area is 76.3 Å². The number of nitro groups is 1. The van der Waals surface area contributed by atoms with Crippen LogP contribution in [-0.2, 0) is 10.8 Å². The molecule has 1 rings (SSSR count). The van der Waals surface area contributed by atoms with Crippen molar-refractivity contribution in [3.63, 3.8) is 0 Å². The Bertz CT molecular complexity index is 360. The number of hydrogen-bond donors (Lipinski definition) is 1. The van der Waals surface area contributed by atoms with E-state index < -0.39 is 15.7 Å². The lowest BCUT2D eigenvalue weighted by Gasteiger charge is -1.88. The van der Waals surface area contributed by atoms with Gasteiger partial charge in [0.05, 0.1) is 5.75 Å². The quantitative estimate of drug-likeness (QED) is 0.439. The summed E-state index contributed by atoms with van der Waals surface area (Å²) in [4.78, 5) is 15.5. The van der Waals surface area contributed by atoms with E-state index in [-0.39, 0.29) is 16.7 Å². The molecular formula is C6H7N3O3S. The minimum atomic E-state index is -1.37. The summed E-state index contributed by atoms with van der Waals surface area (Å²) in [6.07, 6.45) is 2.50. The summed E-state index contributed by atoms with van der Waals surface area (Å²) in [5.74, 6) is -0.0302. The molecule has 1 aromatic rings. The van der Waals surface area contributed by atoms with Crippen molar-refractivity contribution in [2.45, 2.75) is 5.16 Å². The predicted molar refractivity (Wildman–Crippen MR) is 46.7 cm³/mol. The van der Waals surface area contributed by atoms with Gasteiger partial charge in [0.15, 0.2) is 0 Å². The molecule has 0 radical (unpaired) electrons. The SMILES string of the molecule is C=CCS(=O)c1ncc([N+](=O)[O-])[nH]1. The molecule has 1 N–H and O–H groups in total. The van der Waals surface area contributed by atoms with Crippen LogP contribution in [0.4, 0.5) is 5.82 Å². The Balaban J connectivity index is 2.85. The highest BCUT2D eigenvalue weighted by Crippen LogP contribution is 2.09. The minimum Gasteiger partial charge on any atom is -0.358 e. The van der Waals surface area contributed by atoms with Gasteiger partial charge in [-0.25, -0.2) is 14.2 Å². The standard InChI is InChI=1S/C6H7N3O3S/c1-2-3-13(12)6-7-4-5(8-6)9(10)11/h2,4H,1,3H2,(H,7,8). The maximum absolute atomic E-state index is 11.2. The van der Waals surface area contributed by atoms with E-state index in [9.17, 15) is 14.3 Å². The summed E-state index contributed by atoms with van der Waals surface area (Å²) in [6, 6.07) is 0. The van der Waals surface area contributed by atoms with E-state index in [2.05, 4.69) is 16.5 Å². The van der Waals surface area contributed by atoms with Gasteiger partial charge in [-0.05, 0) is 4.92 Å². The van der Waals surface area contributed by atoms with Crippen LogP contribution >= 0.6 is 0 Å². The normalized spacial score (nSPS) is 12.3. The fraction of sp³-hybridized carbons (Fsp3) is 0.167. The van der Waals surface area contributed by atoms with Crippen molar-refractivity contribution in [3.8, 4) is 0 Å². The molecule has 0 aliphatic carbocycles. The molecule has 0 saturated heterocycles. The van der Waals surface area contributed by atoms with Gasteiger partial charge in [-0.1, -0.05) is 6.08 Å². The first-order chi connectivity index (χ1) is 6.15. The number of hydrogen-bond acceptors (Lipinski definition) is 4. The molecular weight excluding hydrogens is 194 g/mol. The van der Waals surface area contributed by atoms with E-state index >= 15 is 0 Å². The fourth-order valence-corrected chi connectivity index (χ4v) is 1.45. The monoisotopic (exact) mass is 201 g/mol. The Morgan fingerprint density at radius 3 is 3.00 bits per heavy atom. The van der Waals surface area contributed by atoms with Gasteiger partial charge in [-0.2, -0.15) is 0 Å². The van der Waals surface area contributed by atoms with Crippen LogP contribution in [0.2, 0.25) is 0 Å². The molecule has 0 aliphatic rings. The second-order valence-corrected chi connectivity index (χ2v) is 3.54. The molecule has 0 bridgehead atoms. The van der Waals surface area contributed by atoms with Crippen LogP contribution < -0.4 is 0 Å².